The van der Waals surface area contributed by atoms with Gasteiger partial charge in [-0.1, -0.05) is 25.1 Å². The Balaban J connectivity index is 1.50. The number of nitrogens with one attached hydrogen (secondary N) is 2. The molecule has 5 nitrogen and oxygen atoms in total. The largest absolute Gasteiger partial charge is 0.361 e. The highest BCUT2D eigenvalue weighted by Gasteiger charge is 2.20. The summed E-state index contributed by atoms with van der Waals surface area (Å²) < 4.78 is 0. The molecule has 122 valence electrons. The molecule has 2 amide bonds. The van der Waals surface area contributed by atoms with Gasteiger partial charge in [0.15, 0.2) is 0 Å². The first-order chi connectivity index (χ1) is 11.1. The first kappa shape index (κ1) is 15.6. The number of carbonyl (C=O) groups is 2. The topological polar surface area (TPSA) is 65.2 Å². The first-order valence-corrected chi connectivity index (χ1v) is 8.25. The van der Waals surface area contributed by atoms with E-state index in [2.05, 4.69) is 16.4 Å². The van der Waals surface area contributed by atoms with Crippen molar-refractivity contribution in [2.24, 2.45) is 5.92 Å². The Hall–Kier alpha value is -2.30. The van der Waals surface area contributed by atoms with Crippen molar-refractivity contribution in [1.29, 1.82) is 0 Å². The van der Waals surface area contributed by atoms with Crippen molar-refractivity contribution >= 4 is 22.7 Å². The fourth-order valence-corrected chi connectivity index (χ4v) is 3.15. The van der Waals surface area contributed by atoms with Crippen LogP contribution < -0.4 is 5.32 Å². The lowest BCUT2D eigenvalue weighted by atomic mass is 10.00. The molecule has 2 heterocycles. The van der Waals surface area contributed by atoms with Crippen LogP contribution in [0.2, 0.25) is 0 Å². The standard InChI is InChI=1S/C18H23N3O2/c1-13(11-14-12-20-16-6-3-2-5-15(14)16)18(23)19-8-10-21-9-4-7-17(21)22/h2-3,5-6,12-13,20H,4,7-11H2,1H3,(H,19,23). The van der Waals surface area contributed by atoms with Crippen LogP contribution in [0.4, 0.5) is 0 Å². The van der Waals surface area contributed by atoms with E-state index in [1.165, 1.54) is 5.39 Å². The summed E-state index contributed by atoms with van der Waals surface area (Å²) in [6, 6.07) is 8.12. The maximum absolute atomic E-state index is 12.2. The highest BCUT2D eigenvalue weighted by molar-refractivity contribution is 5.84. The van der Waals surface area contributed by atoms with Crippen LogP contribution >= 0.6 is 0 Å². The third-order valence-electron chi connectivity index (χ3n) is 4.50. The second-order valence-electron chi connectivity index (χ2n) is 6.24. The van der Waals surface area contributed by atoms with Crippen molar-refractivity contribution in [2.45, 2.75) is 26.2 Å². The molecule has 2 aromatic rings. The van der Waals surface area contributed by atoms with Crippen LogP contribution in [0.15, 0.2) is 30.5 Å². The molecule has 3 rings (SSSR count). The molecule has 1 aliphatic heterocycles. The lowest BCUT2D eigenvalue weighted by molar-refractivity contribution is -0.129. The monoisotopic (exact) mass is 313 g/mol. The molecule has 2 N–H and O–H groups in total. The average molecular weight is 313 g/mol. The van der Waals surface area contributed by atoms with Crippen molar-refractivity contribution in [3.05, 3.63) is 36.0 Å². The lowest BCUT2D eigenvalue weighted by Crippen LogP contribution is -2.38. The minimum absolute atomic E-state index is 0.0435. The molecule has 0 radical (unpaired) electrons. The number of hydrogen-bond donors (Lipinski definition) is 2. The summed E-state index contributed by atoms with van der Waals surface area (Å²) in [5, 5.41) is 4.12. The van der Waals surface area contributed by atoms with Gasteiger partial charge in [-0.15, -0.1) is 0 Å². The first-order valence-electron chi connectivity index (χ1n) is 8.25. The van der Waals surface area contributed by atoms with Crippen LogP contribution in [0.1, 0.15) is 25.3 Å². The van der Waals surface area contributed by atoms with Crippen LogP contribution in [0.5, 0.6) is 0 Å². The van der Waals surface area contributed by atoms with E-state index in [-0.39, 0.29) is 17.7 Å². The van der Waals surface area contributed by atoms with Gasteiger partial charge in [-0.25, -0.2) is 0 Å². The van der Waals surface area contributed by atoms with Crippen molar-refractivity contribution in [3.63, 3.8) is 0 Å². The van der Waals surface area contributed by atoms with Gasteiger partial charge >= 0.3 is 0 Å². The highest BCUT2D eigenvalue weighted by Crippen LogP contribution is 2.20. The normalized spacial score (nSPS) is 16.0. The fraction of sp³-hybridized carbons (Fsp3) is 0.444. The van der Waals surface area contributed by atoms with Gasteiger partial charge in [-0.2, -0.15) is 0 Å². The maximum Gasteiger partial charge on any atom is 0.223 e. The Morgan fingerprint density at radius 1 is 1.39 bits per heavy atom. The van der Waals surface area contributed by atoms with Gasteiger partial charge in [0.25, 0.3) is 0 Å². The van der Waals surface area contributed by atoms with Crippen LogP contribution in [0.3, 0.4) is 0 Å². The van der Waals surface area contributed by atoms with Gasteiger partial charge in [0, 0.05) is 49.1 Å². The Morgan fingerprint density at radius 2 is 2.22 bits per heavy atom. The SMILES string of the molecule is CC(Cc1c[nH]c2ccccc12)C(=O)NCCN1CCCC1=O. The Kier molecular flexibility index (Phi) is 4.65. The van der Waals surface area contributed by atoms with Gasteiger partial charge in [0.1, 0.15) is 0 Å². The van der Waals surface area contributed by atoms with Crippen LogP contribution in [-0.2, 0) is 16.0 Å². The third-order valence-corrected chi connectivity index (χ3v) is 4.50. The molecule has 1 aromatic heterocycles. The van der Waals surface area contributed by atoms with Gasteiger partial charge in [-0.05, 0) is 24.5 Å². The molecular weight excluding hydrogens is 290 g/mol. The van der Waals surface area contributed by atoms with E-state index < -0.39 is 0 Å². The number of aromatic amines is 1. The van der Waals surface area contributed by atoms with E-state index in [4.69, 9.17) is 0 Å². The summed E-state index contributed by atoms with van der Waals surface area (Å²) >= 11 is 0. The molecule has 0 bridgehead atoms. The quantitative estimate of drug-likeness (QED) is 0.857. The number of fused-ring (bicyclic) bond motifs is 1. The molecule has 1 atom stereocenters. The molecule has 1 unspecified atom stereocenters. The van der Waals surface area contributed by atoms with Gasteiger partial charge < -0.3 is 15.2 Å². The minimum Gasteiger partial charge on any atom is -0.361 e. The molecule has 5 heteroatoms. The Labute approximate surface area is 136 Å². The van der Waals surface area contributed by atoms with E-state index in [1.807, 2.05) is 36.2 Å². The summed E-state index contributed by atoms with van der Waals surface area (Å²) in [5.41, 5.74) is 2.26. The smallest absolute Gasteiger partial charge is 0.223 e. The van der Waals surface area contributed by atoms with Crippen molar-refractivity contribution in [3.8, 4) is 0 Å². The van der Waals surface area contributed by atoms with E-state index >= 15 is 0 Å². The van der Waals surface area contributed by atoms with Crippen molar-refractivity contribution in [1.82, 2.24) is 15.2 Å². The minimum atomic E-state index is -0.0940. The molecule has 1 fully saturated rings. The summed E-state index contributed by atoms with van der Waals surface area (Å²) in [6.07, 6.45) is 4.27. The lowest BCUT2D eigenvalue weighted by Gasteiger charge is -2.17. The molecule has 0 saturated carbocycles. The molecule has 1 aliphatic rings. The Morgan fingerprint density at radius 3 is 3.00 bits per heavy atom. The number of rotatable bonds is 6. The van der Waals surface area contributed by atoms with Crippen LogP contribution in [-0.4, -0.2) is 41.3 Å². The summed E-state index contributed by atoms with van der Waals surface area (Å²) in [4.78, 5) is 28.8. The highest BCUT2D eigenvalue weighted by atomic mass is 16.2. The second kappa shape index (κ2) is 6.86. The number of likely N-dealkylation sites (tertiary alicyclic amines) is 1. The zero-order chi connectivity index (χ0) is 16.2. The molecule has 0 spiro atoms. The van der Waals surface area contributed by atoms with Gasteiger partial charge in [0.2, 0.25) is 11.8 Å². The zero-order valence-corrected chi connectivity index (χ0v) is 13.5. The summed E-state index contributed by atoms with van der Waals surface area (Å²) in [6.45, 7) is 3.91. The zero-order valence-electron chi connectivity index (χ0n) is 13.5. The number of amides is 2. The Bertz CT molecular complexity index is 707. The molecule has 0 aliphatic carbocycles. The average Bonchev–Trinajstić information content (AvgIpc) is 3.14. The molecule has 1 aromatic carbocycles. The number of carbonyl (C=O) groups excluding carboxylic acids is 2. The number of hydrogen-bond acceptors (Lipinski definition) is 2. The van der Waals surface area contributed by atoms with Crippen molar-refractivity contribution in [2.75, 3.05) is 19.6 Å². The van der Waals surface area contributed by atoms with Gasteiger partial charge in [-0.3, -0.25) is 9.59 Å². The second-order valence-corrected chi connectivity index (χ2v) is 6.24. The number of benzene rings is 1. The van der Waals surface area contributed by atoms with Gasteiger partial charge in [0.05, 0.1) is 0 Å². The number of nitrogens with zero attached hydrogens (tertiary/aromatic N) is 1. The molecular formula is C18H23N3O2. The van der Waals surface area contributed by atoms with E-state index in [1.54, 1.807) is 0 Å². The maximum atomic E-state index is 12.2. The fourth-order valence-electron chi connectivity index (χ4n) is 3.15. The third kappa shape index (κ3) is 3.55. The number of para-hydroxylation sites is 1. The predicted octanol–water partition coefficient (Wildman–Crippen LogP) is 2.09. The number of aromatic nitrogens is 1. The van der Waals surface area contributed by atoms with E-state index in [0.29, 0.717) is 25.9 Å². The van der Waals surface area contributed by atoms with E-state index in [9.17, 15) is 9.59 Å². The summed E-state index contributed by atoms with van der Waals surface area (Å²) in [7, 11) is 0. The summed E-state index contributed by atoms with van der Waals surface area (Å²) in [5.74, 6) is 0.150. The van der Waals surface area contributed by atoms with Crippen LogP contribution in [0.25, 0.3) is 10.9 Å². The molecule has 23 heavy (non-hydrogen) atoms. The molecule has 1 saturated heterocycles. The number of H-pyrrole nitrogens is 1. The predicted molar refractivity (Wildman–Crippen MR) is 90.0 cm³/mol. The van der Waals surface area contributed by atoms with Crippen molar-refractivity contribution < 1.29 is 9.59 Å². The van der Waals surface area contributed by atoms with Crippen LogP contribution in [0, 0.1) is 5.92 Å². The van der Waals surface area contributed by atoms with E-state index in [0.717, 1.165) is 24.0 Å².